The van der Waals surface area contributed by atoms with E-state index in [0.717, 1.165) is 6.42 Å². The maximum absolute atomic E-state index is 12.3. The maximum Gasteiger partial charge on any atom is 0.318 e. The highest BCUT2D eigenvalue weighted by Crippen LogP contribution is 2.30. The van der Waals surface area contributed by atoms with Gasteiger partial charge in [0, 0.05) is 12.6 Å². The molecule has 3 unspecified atom stereocenters. The number of carboxylic acids is 1. The van der Waals surface area contributed by atoms with Gasteiger partial charge in [-0.1, -0.05) is 13.8 Å². The lowest BCUT2D eigenvalue weighted by Crippen LogP contribution is -2.54. The molecule has 0 bridgehead atoms. The van der Waals surface area contributed by atoms with Crippen molar-refractivity contribution >= 4 is 11.9 Å². The second kappa shape index (κ2) is 4.67. The number of carbonyl (C=O) groups excluding carboxylic acids is 1. The summed E-state index contributed by atoms with van der Waals surface area (Å²) in [7, 11) is 0. The Morgan fingerprint density at radius 1 is 1.24 bits per heavy atom. The minimum Gasteiger partial charge on any atom is -0.480 e. The van der Waals surface area contributed by atoms with Crippen LogP contribution in [0.25, 0.3) is 0 Å². The van der Waals surface area contributed by atoms with Gasteiger partial charge in [0.05, 0.1) is 0 Å². The first kappa shape index (κ1) is 14.0. The first-order valence-corrected chi connectivity index (χ1v) is 6.22. The molecule has 1 rings (SSSR count). The smallest absolute Gasteiger partial charge is 0.318 e. The lowest BCUT2D eigenvalue weighted by Gasteiger charge is -2.43. The molecular weight excluding hydrogens is 218 g/mol. The highest BCUT2D eigenvalue weighted by Gasteiger charge is 2.43. The summed E-state index contributed by atoms with van der Waals surface area (Å²) >= 11 is 0. The number of carboxylic acid groups (broad SMARTS) is 1. The number of likely N-dealkylation sites (tertiary alicyclic amines) is 1. The molecule has 0 radical (unpaired) electrons. The van der Waals surface area contributed by atoms with E-state index in [-0.39, 0.29) is 11.9 Å². The first-order chi connectivity index (χ1) is 7.67. The zero-order valence-electron chi connectivity index (χ0n) is 11.4. The van der Waals surface area contributed by atoms with Crippen molar-refractivity contribution in [3.8, 4) is 0 Å². The molecule has 1 aliphatic heterocycles. The quantitative estimate of drug-likeness (QED) is 0.752. The Kier molecular flexibility index (Phi) is 3.84. The van der Waals surface area contributed by atoms with Crippen LogP contribution in [-0.4, -0.2) is 34.5 Å². The Morgan fingerprint density at radius 3 is 2.24 bits per heavy atom. The summed E-state index contributed by atoms with van der Waals surface area (Å²) < 4.78 is 0. The van der Waals surface area contributed by atoms with Crippen LogP contribution in [0, 0.1) is 17.3 Å². The van der Waals surface area contributed by atoms with E-state index in [1.165, 1.54) is 13.8 Å². The lowest BCUT2D eigenvalue weighted by atomic mass is 9.83. The van der Waals surface area contributed by atoms with Crippen molar-refractivity contribution in [3.63, 3.8) is 0 Å². The van der Waals surface area contributed by atoms with Gasteiger partial charge in [-0.3, -0.25) is 9.59 Å². The number of hydrogen-bond acceptors (Lipinski definition) is 2. The van der Waals surface area contributed by atoms with Crippen LogP contribution < -0.4 is 0 Å². The molecule has 4 heteroatoms. The monoisotopic (exact) mass is 241 g/mol. The van der Waals surface area contributed by atoms with Crippen LogP contribution in [0.2, 0.25) is 0 Å². The maximum atomic E-state index is 12.3. The summed E-state index contributed by atoms with van der Waals surface area (Å²) in [5, 5.41) is 9.11. The van der Waals surface area contributed by atoms with Gasteiger partial charge in [-0.25, -0.2) is 0 Å². The van der Waals surface area contributed by atoms with Crippen molar-refractivity contribution < 1.29 is 14.7 Å². The zero-order valence-corrected chi connectivity index (χ0v) is 11.4. The normalized spacial score (nSPS) is 30.2. The van der Waals surface area contributed by atoms with Crippen LogP contribution in [-0.2, 0) is 9.59 Å². The zero-order chi connectivity index (χ0) is 13.4. The van der Waals surface area contributed by atoms with E-state index in [0.29, 0.717) is 18.4 Å². The number of rotatable bonds is 2. The van der Waals surface area contributed by atoms with Crippen molar-refractivity contribution in [3.05, 3.63) is 0 Å². The van der Waals surface area contributed by atoms with Gasteiger partial charge in [-0.15, -0.1) is 0 Å². The van der Waals surface area contributed by atoms with Crippen LogP contribution in [0.1, 0.15) is 41.0 Å². The summed E-state index contributed by atoms with van der Waals surface area (Å²) in [6.45, 7) is 9.86. The molecule has 17 heavy (non-hydrogen) atoms. The minimum absolute atomic E-state index is 0.123. The summed E-state index contributed by atoms with van der Waals surface area (Å²) in [6.07, 6.45) is 1.10. The van der Waals surface area contributed by atoms with Gasteiger partial charge in [0.15, 0.2) is 0 Å². The van der Waals surface area contributed by atoms with Crippen LogP contribution in [0.3, 0.4) is 0 Å². The Bertz CT molecular complexity index is 325. The van der Waals surface area contributed by atoms with Crippen LogP contribution in [0.15, 0.2) is 0 Å². The minimum atomic E-state index is -1.33. The molecule has 0 aromatic rings. The number of hydrogen-bond donors (Lipinski definition) is 1. The number of piperidine rings is 1. The molecule has 0 spiro atoms. The van der Waals surface area contributed by atoms with Crippen molar-refractivity contribution in [1.82, 2.24) is 4.90 Å². The molecule has 1 N–H and O–H groups in total. The van der Waals surface area contributed by atoms with Gasteiger partial charge in [0.1, 0.15) is 5.41 Å². The Labute approximate surface area is 103 Å². The predicted molar refractivity (Wildman–Crippen MR) is 65.5 cm³/mol. The molecular formula is C13H23NO3. The molecule has 1 saturated heterocycles. The van der Waals surface area contributed by atoms with E-state index in [9.17, 15) is 9.59 Å². The van der Waals surface area contributed by atoms with Gasteiger partial charge in [-0.2, -0.15) is 0 Å². The average Bonchev–Trinajstić information content (AvgIpc) is 2.22. The molecule has 1 amide bonds. The Morgan fingerprint density at radius 2 is 1.76 bits per heavy atom. The van der Waals surface area contributed by atoms with Gasteiger partial charge >= 0.3 is 5.97 Å². The summed E-state index contributed by atoms with van der Waals surface area (Å²) in [5.41, 5.74) is -1.33. The van der Waals surface area contributed by atoms with E-state index in [2.05, 4.69) is 13.8 Å². The topological polar surface area (TPSA) is 57.6 Å². The predicted octanol–water partition coefficient (Wildman–Crippen LogP) is 1.99. The summed E-state index contributed by atoms with van der Waals surface area (Å²) in [6, 6.07) is 0.123. The second-order valence-electron chi connectivity index (χ2n) is 5.95. The van der Waals surface area contributed by atoms with Crippen LogP contribution in [0.5, 0.6) is 0 Å². The van der Waals surface area contributed by atoms with Crippen molar-refractivity contribution in [2.75, 3.05) is 6.54 Å². The Hall–Kier alpha value is -1.06. The third-order valence-electron chi connectivity index (χ3n) is 3.93. The molecule has 3 atom stereocenters. The van der Waals surface area contributed by atoms with Crippen molar-refractivity contribution in [2.45, 2.75) is 47.1 Å². The van der Waals surface area contributed by atoms with Gasteiger partial charge in [0.2, 0.25) is 5.91 Å². The molecule has 1 heterocycles. The third kappa shape index (κ3) is 2.61. The standard InChI is InChI=1S/C13H23NO3/c1-8-6-9(2)10(3)14(7-8)11(15)13(4,5)12(16)17/h8-10H,6-7H2,1-5H3,(H,16,17). The number of aliphatic carboxylic acids is 1. The second-order valence-corrected chi connectivity index (χ2v) is 5.95. The molecule has 1 fully saturated rings. The van der Waals surface area contributed by atoms with Gasteiger partial charge < -0.3 is 10.0 Å². The molecule has 0 aromatic heterocycles. The van der Waals surface area contributed by atoms with E-state index in [1.807, 2.05) is 6.92 Å². The number of carbonyl (C=O) groups is 2. The summed E-state index contributed by atoms with van der Waals surface area (Å²) in [4.78, 5) is 25.2. The van der Waals surface area contributed by atoms with E-state index in [1.54, 1.807) is 4.90 Å². The molecule has 1 aliphatic rings. The Balaban J connectivity index is 2.91. The fourth-order valence-electron chi connectivity index (χ4n) is 2.43. The summed E-state index contributed by atoms with van der Waals surface area (Å²) in [5.74, 6) is -0.460. The van der Waals surface area contributed by atoms with Crippen molar-refractivity contribution in [2.24, 2.45) is 17.3 Å². The third-order valence-corrected chi connectivity index (χ3v) is 3.93. The largest absolute Gasteiger partial charge is 0.480 e. The van der Waals surface area contributed by atoms with Crippen LogP contribution >= 0.6 is 0 Å². The molecule has 0 aliphatic carbocycles. The van der Waals surface area contributed by atoms with Gasteiger partial charge in [-0.05, 0) is 39.0 Å². The molecule has 98 valence electrons. The van der Waals surface area contributed by atoms with E-state index >= 15 is 0 Å². The highest BCUT2D eigenvalue weighted by atomic mass is 16.4. The van der Waals surface area contributed by atoms with Crippen molar-refractivity contribution in [1.29, 1.82) is 0 Å². The lowest BCUT2D eigenvalue weighted by molar-refractivity contribution is -0.161. The molecule has 0 saturated carbocycles. The SMILES string of the molecule is CC1CC(C)C(C)N(C(=O)C(C)(C)C(=O)O)C1. The molecule has 4 nitrogen and oxygen atoms in total. The number of nitrogens with zero attached hydrogens (tertiary/aromatic N) is 1. The molecule has 0 aromatic carbocycles. The van der Waals surface area contributed by atoms with E-state index in [4.69, 9.17) is 5.11 Å². The first-order valence-electron chi connectivity index (χ1n) is 6.22. The van der Waals surface area contributed by atoms with E-state index < -0.39 is 11.4 Å². The van der Waals surface area contributed by atoms with Gasteiger partial charge in [0.25, 0.3) is 0 Å². The van der Waals surface area contributed by atoms with Crippen LogP contribution in [0.4, 0.5) is 0 Å². The fourth-order valence-corrected chi connectivity index (χ4v) is 2.43. The number of amides is 1. The average molecular weight is 241 g/mol. The fraction of sp³-hybridized carbons (Fsp3) is 0.846. The highest BCUT2D eigenvalue weighted by molar-refractivity contribution is 6.01.